The third-order valence-corrected chi connectivity index (χ3v) is 4.02. The van der Waals surface area contributed by atoms with Gasteiger partial charge in [0, 0.05) is 5.75 Å². The molecule has 0 rings (SSSR count). The van der Waals surface area contributed by atoms with E-state index in [0.717, 1.165) is 0 Å². The second-order valence-corrected chi connectivity index (χ2v) is 6.31. The van der Waals surface area contributed by atoms with Crippen LogP contribution >= 0.6 is 12.6 Å². The zero-order valence-corrected chi connectivity index (χ0v) is 16.1. The van der Waals surface area contributed by atoms with Crippen LogP contribution in [0.2, 0.25) is 0 Å². The van der Waals surface area contributed by atoms with Gasteiger partial charge in [-0.05, 0) is 32.7 Å². The quantitative estimate of drug-likeness (QED) is 0.116. The zero-order chi connectivity index (χ0) is 21.0. The van der Waals surface area contributed by atoms with Crippen molar-refractivity contribution in [3.63, 3.8) is 0 Å². The molecule has 9 N–H and O–H groups in total. The van der Waals surface area contributed by atoms with Crippen molar-refractivity contribution in [3.05, 3.63) is 0 Å². The van der Waals surface area contributed by atoms with Gasteiger partial charge < -0.3 is 37.6 Å². The van der Waals surface area contributed by atoms with E-state index in [1.54, 1.807) is 0 Å². The van der Waals surface area contributed by atoms with Crippen molar-refractivity contribution in [2.75, 3.05) is 18.9 Å². The Balaban J connectivity index is 5.01. The Morgan fingerprint density at radius 1 is 1.00 bits per heavy atom. The first-order valence-corrected chi connectivity index (χ1v) is 9.12. The number of nitrogens with one attached hydrogen (secondary N) is 3. The van der Waals surface area contributed by atoms with Crippen LogP contribution in [0, 0.1) is 0 Å². The summed E-state index contributed by atoms with van der Waals surface area (Å²) in [5.41, 5.74) is 10.9. The van der Waals surface area contributed by atoms with Crippen molar-refractivity contribution < 1.29 is 29.4 Å². The first-order chi connectivity index (χ1) is 12.7. The van der Waals surface area contributed by atoms with Crippen LogP contribution in [-0.2, 0) is 19.2 Å². The highest BCUT2D eigenvalue weighted by Gasteiger charge is 2.28. The minimum absolute atomic E-state index is 0.0798. The molecule has 0 spiro atoms. The van der Waals surface area contributed by atoms with E-state index in [-0.39, 0.29) is 12.2 Å². The molecule has 27 heavy (non-hydrogen) atoms. The van der Waals surface area contributed by atoms with E-state index in [1.807, 2.05) is 0 Å². The number of aliphatic hydroxyl groups excluding tert-OH is 1. The number of hydrogen-bond donors (Lipinski definition) is 8. The summed E-state index contributed by atoms with van der Waals surface area (Å²) in [5.74, 6) is -3.38. The molecule has 0 aliphatic heterocycles. The summed E-state index contributed by atoms with van der Waals surface area (Å²) < 4.78 is 0. The molecule has 0 aromatic heterocycles. The fourth-order valence-corrected chi connectivity index (χ4v) is 2.22. The fourth-order valence-electron chi connectivity index (χ4n) is 1.97. The third kappa shape index (κ3) is 9.56. The molecular weight excluding hydrogens is 378 g/mol. The molecule has 0 saturated heterocycles. The molecule has 0 heterocycles. The molecule has 156 valence electrons. The monoisotopic (exact) mass is 407 g/mol. The summed E-state index contributed by atoms with van der Waals surface area (Å²) in [6.45, 7) is 1.11. The van der Waals surface area contributed by atoms with Crippen molar-refractivity contribution >= 4 is 36.3 Å². The Hall–Kier alpha value is -1.89. The summed E-state index contributed by atoms with van der Waals surface area (Å²) in [7, 11) is 0. The average Bonchev–Trinajstić information content (AvgIpc) is 2.63. The highest BCUT2D eigenvalue weighted by Crippen LogP contribution is 2.03. The van der Waals surface area contributed by atoms with Gasteiger partial charge in [0.25, 0.3) is 0 Å². The first-order valence-electron chi connectivity index (χ1n) is 8.49. The van der Waals surface area contributed by atoms with Crippen molar-refractivity contribution in [2.24, 2.45) is 11.5 Å². The maximum absolute atomic E-state index is 12.5. The molecule has 11 nitrogen and oxygen atoms in total. The topological polar surface area (TPSA) is 197 Å². The number of carbonyl (C=O) groups excluding carboxylic acids is 3. The maximum Gasteiger partial charge on any atom is 0.325 e. The second kappa shape index (κ2) is 13.3. The molecule has 4 unspecified atom stereocenters. The molecule has 4 atom stereocenters. The normalized spacial score (nSPS) is 15.1. The summed E-state index contributed by atoms with van der Waals surface area (Å²) in [5, 5.41) is 24.9. The second-order valence-electron chi connectivity index (χ2n) is 5.95. The third-order valence-electron chi connectivity index (χ3n) is 3.66. The van der Waals surface area contributed by atoms with E-state index in [9.17, 15) is 19.2 Å². The molecule has 0 aliphatic rings. The van der Waals surface area contributed by atoms with E-state index >= 15 is 0 Å². The summed E-state index contributed by atoms with van der Waals surface area (Å²) in [6, 6.07) is -4.41. The lowest BCUT2D eigenvalue weighted by molar-refractivity contribution is -0.141. The number of carbonyl (C=O) groups is 4. The highest BCUT2D eigenvalue weighted by molar-refractivity contribution is 7.80. The average molecular weight is 407 g/mol. The van der Waals surface area contributed by atoms with Crippen LogP contribution in [0.3, 0.4) is 0 Å². The predicted molar refractivity (Wildman–Crippen MR) is 101 cm³/mol. The smallest absolute Gasteiger partial charge is 0.325 e. The lowest BCUT2D eigenvalue weighted by atomic mass is 10.1. The van der Waals surface area contributed by atoms with Crippen LogP contribution in [0.5, 0.6) is 0 Å². The Labute approximate surface area is 163 Å². The number of carboxylic acid groups (broad SMARTS) is 1. The number of thiol groups is 1. The minimum atomic E-state index is -1.22. The number of aliphatic hydroxyl groups is 1. The Morgan fingerprint density at radius 2 is 1.56 bits per heavy atom. The van der Waals surface area contributed by atoms with Gasteiger partial charge in [-0.25, -0.2) is 0 Å². The number of aliphatic carboxylic acids is 1. The molecular formula is C15H29N5O6S. The van der Waals surface area contributed by atoms with Gasteiger partial charge in [-0.2, -0.15) is 12.6 Å². The number of hydrogen-bond acceptors (Lipinski definition) is 8. The van der Waals surface area contributed by atoms with Crippen LogP contribution in [0.4, 0.5) is 0 Å². The summed E-state index contributed by atoms with van der Waals surface area (Å²) >= 11 is 4.00. The summed E-state index contributed by atoms with van der Waals surface area (Å²) in [4.78, 5) is 47.3. The van der Waals surface area contributed by atoms with Gasteiger partial charge in [0.05, 0.1) is 6.61 Å². The van der Waals surface area contributed by atoms with Crippen molar-refractivity contribution in [3.8, 4) is 0 Å². The van der Waals surface area contributed by atoms with E-state index in [2.05, 4.69) is 28.6 Å². The van der Waals surface area contributed by atoms with E-state index in [1.165, 1.54) is 6.92 Å². The van der Waals surface area contributed by atoms with Gasteiger partial charge in [-0.3, -0.25) is 19.2 Å². The molecule has 0 aliphatic carbocycles. The molecule has 0 fully saturated rings. The van der Waals surface area contributed by atoms with Gasteiger partial charge in [0.15, 0.2) is 0 Å². The van der Waals surface area contributed by atoms with Crippen molar-refractivity contribution in [2.45, 2.75) is 50.4 Å². The zero-order valence-electron chi connectivity index (χ0n) is 15.2. The minimum Gasteiger partial charge on any atom is -0.480 e. The van der Waals surface area contributed by atoms with Crippen LogP contribution in [-0.4, -0.2) is 77.0 Å². The SMILES string of the molecule is CC(NC(=O)C(CS)NC(=O)C(CCCCN)NC(=O)C(N)CO)C(=O)O. The standard InChI is InChI=1S/C15H29N5O6S/c1-8(15(25)26)18-14(24)11(7-27)20-13(23)10(4-2-3-5-16)19-12(22)9(17)6-21/h8-11,21,27H,2-7,16-17H2,1H3,(H,18,24)(H,19,22)(H,20,23)(H,25,26). The lowest BCUT2D eigenvalue weighted by Crippen LogP contribution is -2.57. The Morgan fingerprint density at radius 3 is 2.04 bits per heavy atom. The number of carboxylic acids is 1. The number of nitrogens with two attached hydrogens (primary N) is 2. The van der Waals surface area contributed by atoms with Crippen molar-refractivity contribution in [1.82, 2.24) is 16.0 Å². The number of rotatable bonds is 13. The van der Waals surface area contributed by atoms with Gasteiger partial charge >= 0.3 is 5.97 Å². The van der Waals surface area contributed by atoms with E-state index < -0.39 is 54.5 Å². The Bertz CT molecular complexity index is 521. The fraction of sp³-hybridized carbons (Fsp3) is 0.733. The largest absolute Gasteiger partial charge is 0.480 e. The maximum atomic E-state index is 12.5. The molecule has 0 aromatic carbocycles. The van der Waals surface area contributed by atoms with E-state index in [0.29, 0.717) is 19.4 Å². The van der Waals surface area contributed by atoms with E-state index in [4.69, 9.17) is 21.7 Å². The lowest BCUT2D eigenvalue weighted by Gasteiger charge is -2.23. The predicted octanol–water partition coefficient (Wildman–Crippen LogP) is -3.08. The number of unbranched alkanes of at least 4 members (excludes halogenated alkanes) is 1. The molecule has 0 aromatic rings. The van der Waals surface area contributed by atoms with Crippen LogP contribution < -0.4 is 27.4 Å². The molecule has 0 bridgehead atoms. The van der Waals surface area contributed by atoms with Gasteiger partial charge in [0.1, 0.15) is 24.2 Å². The van der Waals surface area contributed by atoms with Gasteiger partial charge in [-0.15, -0.1) is 0 Å². The molecule has 3 amide bonds. The molecule has 12 heteroatoms. The number of amides is 3. The van der Waals surface area contributed by atoms with Crippen LogP contribution in [0.15, 0.2) is 0 Å². The highest BCUT2D eigenvalue weighted by atomic mass is 32.1. The van der Waals surface area contributed by atoms with Gasteiger partial charge in [0.2, 0.25) is 17.7 Å². The summed E-state index contributed by atoms with van der Waals surface area (Å²) in [6.07, 6.45) is 1.41. The molecule has 0 saturated carbocycles. The van der Waals surface area contributed by atoms with Crippen LogP contribution in [0.25, 0.3) is 0 Å². The van der Waals surface area contributed by atoms with Crippen LogP contribution in [0.1, 0.15) is 26.2 Å². The van der Waals surface area contributed by atoms with Crippen molar-refractivity contribution in [1.29, 1.82) is 0 Å². The van der Waals surface area contributed by atoms with Gasteiger partial charge in [-0.1, -0.05) is 0 Å². The molecule has 0 radical (unpaired) electrons. The Kier molecular flexibility index (Phi) is 12.4. The first kappa shape index (κ1) is 25.1.